The summed E-state index contributed by atoms with van der Waals surface area (Å²) in [6.45, 7) is 2.86. The molecule has 0 spiro atoms. The number of hydrogen-bond donors (Lipinski definition) is 1. The highest BCUT2D eigenvalue weighted by atomic mass is 79.9. The lowest BCUT2D eigenvalue weighted by molar-refractivity contribution is -0.120. The number of ketones is 1. The predicted octanol–water partition coefficient (Wildman–Crippen LogP) is 4.38. The van der Waals surface area contributed by atoms with E-state index in [0.29, 0.717) is 37.1 Å². The van der Waals surface area contributed by atoms with E-state index in [-0.39, 0.29) is 17.6 Å². The molecule has 5 nitrogen and oxygen atoms in total. The third-order valence-electron chi connectivity index (χ3n) is 4.86. The number of piperidine rings is 1. The van der Waals surface area contributed by atoms with Crippen LogP contribution in [0.5, 0.6) is 0 Å². The predicted molar refractivity (Wildman–Crippen MR) is 109 cm³/mol. The second-order valence-corrected chi connectivity index (χ2v) is 7.48. The number of carbonyl (C=O) groups excluding carboxylic acids is 2. The summed E-state index contributed by atoms with van der Waals surface area (Å²) in [4.78, 5) is 26.3. The van der Waals surface area contributed by atoms with E-state index in [9.17, 15) is 14.9 Å². The molecule has 2 aromatic rings. The normalized spacial score (nSPS) is 14.5. The van der Waals surface area contributed by atoms with Crippen LogP contribution in [0, 0.1) is 17.2 Å². The summed E-state index contributed by atoms with van der Waals surface area (Å²) in [5.74, 6) is -0.0853. The molecule has 1 aliphatic rings. The molecule has 0 unspecified atom stereocenters. The number of benzene rings is 2. The smallest absolute Gasteiger partial charge is 0.227 e. The van der Waals surface area contributed by atoms with Crippen molar-refractivity contribution in [3.05, 3.63) is 58.1 Å². The van der Waals surface area contributed by atoms with Crippen LogP contribution in [0.15, 0.2) is 46.9 Å². The Bertz CT molecular complexity index is 912. The summed E-state index contributed by atoms with van der Waals surface area (Å²) in [6.07, 6.45) is 1.40. The number of nitrogens with zero attached hydrogens (tertiary/aromatic N) is 2. The number of hydrogen-bond acceptors (Lipinski definition) is 4. The Balaban J connectivity index is 1.68. The molecular formula is C21H20BrN3O2. The zero-order chi connectivity index (χ0) is 19.4. The van der Waals surface area contributed by atoms with E-state index in [0.717, 1.165) is 15.8 Å². The van der Waals surface area contributed by atoms with Gasteiger partial charge in [0.1, 0.15) is 6.07 Å². The van der Waals surface area contributed by atoms with E-state index in [2.05, 4.69) is 32.2 Å². The van der Waals surface area contributed by atoms with E-state index in [1.165, 1.54) is 6.92 Å². The molecule has 1 amide bonds. The standard InChI is InChI=1S/C21H20BrN3O2/c1-14(26)16-6-7-17(13-23)20(12-16)25-10-8-15(9-11-25)21(27)24-19-5-3-2-4-18(19)22/h2-7,12,15H,8-11H2,1H3,(H,24,27). The van der Waals surface area contributed by atoms with Gasteiger partial charge in [-0.05, 0) is 66.0 Å². The summed E-state index contributed by atoms with van der Waals surface area (Å²) in [7, 11) is 0. The molecule has 0 saturated carbocycles. The fraction of sp³-hybridized carbons (Fsp3) is 0.286. The highest BCUT2D eigenvalue weighted by molar-refractivity contribution is 9.10. The third kappa shape index (κ3) is 4.37. The highest BCUT2D eigenvalue weighted by Crippen LogP contribution is 2.29. The molecule has 1 N–H and O–H groups in total. The lowest BCUT2D eigenvalue weighted by Gasteiger charge is -2.33. The number of nitriles is 1. The molecule has 1 heterocycles. The van der Waals surface area contributed by atoms with E-state index in [1.54, 1.807) is 18.2 Å². The molecule has 27 heavy (non-hydrogen) atoms. The minimum atomic E-state index is -0.0742. The van der Waals surface area contributed by atoms with Gasteiger partial charge in [0, 0.05) is 29.0 Å². The maximum Gasteiger partial charge on any atom is 0.227 e. The fourth-order valence-electron chi connectivity index (χ4n) is 3.29. The summed E-state index contributed by atoms with van der Waals surface area (Å²) in [5.41, 5.74) is 2.69. The lowest BCUT2D eigenvalue weighted by atomic mass is 9.94. The monoisotopic (exact) mass is 425 g/mol. The number of rotatable bonds is 4. The average molecular weight is 426 g/mol. The molecular weight excluding hydrogens is 406 g/mol. The zero-order valence-electron chi connectivity index (χ0n) is 15.0. The topological polar surface area (TPSA) is 73.2 Å². The van der Waals surface area contributed by atoms with Gasteiger partial charge in [0.15, 0.2) is 5.78 Å². The van der Waals surface area contributed by atoms with Crippen molar-refractivity contribution in [1.29, 1.82) is 5.26 Å². The molecule has 0 aliphatic carbocycles. The first-order valence-corrected chi connectivity index (χ1v) is 9.64. The highest BCUT2D eigenvalue weighted by Gasteiger charge is 2.26. The Morgan fingerprint density at radius 1 is 1.19 bits per heavy atom. The quantitative estimate of drug-likeness (QED) is 0.737. The van der Waals surface area contributed by atoms with Crippen molar-refractivity contribution >= 4 is 39.0 Å². The summed E-state index contributed by atoms with van der Waals surface area (Å²) in [6, 6.07) is 14.9. The van der Waals surface area contributed by atoms with Crippen molar-refractivity contribution in [3.8, 4) is 6.07 Å². The van der Waals surface area contributed by atoms with Crippen LogP contribution >= 0.6 is 15.9 Å². The molecule has 0 aromatic heterocycles. The first-order chi connectivity index (χ1) is 13.0. The van der Waals surface area contributed by atoms with Gasteiger partial charge in [0.05, 0.1) is 16.9 Å². The molecule has 0 atom stereocenters. The number of Topliss-reactive ketones (excluding diaryl/α,β-unsaturated/α-hetero) is 1. The van der Waals surface area contributed by atoms with E-state index in [4.69, 9.17) is 0 Å². The van der Waals surface area contributed by atoms with Crippen molar-refractivity contribution in [2.45, 2.75) is 19.8 Å². The van der Waals surface area contributed by atoms with Gasteiger partial charge in [-0.2, -0.15) is 5.26 Å². The van der Waals surface area contributed by atoms with Gasteiger partial charge in [-0.15, -0.1) is 0 Å². The Labute approximate surface area is 167 Å². The first kappa shape index (κ1) is 19.1. The van der Waals surface area contributed by atoms with Crippen molar-refractivity contribution in [2.75, 3.05) is 23.3 Å². The second kappa shape index (κ2) is 8.36. The molecule has 1 fully saturated rings. The lowest BCUT2D eigenvalue weighted by Crippen LogP contribution is -2.38. The van der Waals surface area contributed by atoms with Gasteiger partial charge < -0.3 is 10.2 Å². The number of amides is 1. The van der Waals surface area contributed by atoms with Crippen molar-refractivity contribution in [1.82, 2.24) is 0 Å². The van der Waals surface area contributed by atoms with Crippen LogP contribution in [-0.4, -0.2) is 24.8 Å². The van der Waals surface area contributed by atoms with Crippen LogP contribution < -0.4 is 10.2 Å². The SMILES string of the molecule is CC(=O)c1ccc(C#N)c(N2CCC(C(=O)Nc3ccccc3Br)CC2)c1. The minimum absolute atomic E-state index is 0.0135. The van der Waals surface area contributed by atoms with Crippen molar-refractivity contribution in [2.24, 2.45) is 5.92 Å². The van der Waals surface area contributed by atoms with Crippen LogP contribution in [0.4, 0.5) is 11.4 Å². The van der Waals surface area contributed by atoms with Crippen LogP contribution in [0.3, 0.4) is 0 Å². The van der Waals surface area contributed by atoms with Crippen LogP contribution in [0.25, 0.3) is 0 Å². The van der Waals surface area contributed by atoms with Crippen LogP contribution in [-0.2, 0) is 4.79 Å². The first-order valence-electron chi connectivity index (χ1n) is 8.85. The maximum atomic E-state index is 12.6. The molecule has 3 rings (SSSR count). The Morgan fingerprint density at radius 2 is 1.89 bits per heavy atom. The molecule has 2 aromatic carbocycles. The van der Waals surface area contributed by atoms with E-state index < -0.39 is 0 Å². The molecule has 0 radical (unpaired) electrons. The molecule has 138 valence electrons. The molecule has 1 aliphatic heterocycles. The van der Waals surface area contributed by atoms with Gasteiger partial charge in [-0.25, -0.2) is 0 Å². The Kier molecular flexibility index (Phi) is 5.92. The van der Waals surface area contributed by atoms with Crippen LogP contribution in [0.1, 0.15) is 35.7 Å². The number of para-hydroxylation sites is 1. The van der Waals surface area contributed by atoms with Crippen LogP contribution in [0.2, 0.25) is 0 Å². The van der Waals surface area contributed by atoms with Crippen molar-refractivity contribution < 1.29 is 9.59 Å². The molecule has 1 saturated heterocycles. The number of nitrogens with one attached hydrogen (secondary N) is 1. The zero-order valence-corrected chi connectivity index (χ0v) is 16.6. The molecule has 6 heteroatoms. The van der Waals surface area contributed by atoms with Gasteiger partial charge in [-0.1, -0.05) is 12.1 Å². The number of carbonyl (C=O) groups is 2. The minimum Gasteiger partial charge on any atom is -0.370 e. The van der Waals surface area contributed by atoms with Crippen molar-refractivity contribution in [3.63, 3.8) is 0 Å². The van der Waals surface area contributed by atoms with E-state index >= 15 is 0 Å². The fourth-order valence-corrected chi connectivity index (χ4v) is 3.67. The van der Waals surface area contributed by atoms with Gasteiger partial charge >= 0.3 is 0 Å². The summed E-state index contributed by atoms with van der Waals surface area (Å²) < 4.78 is 0.857. The third-order valence-corrected chi connectivity index (χ3v) is 5.55. The average Bonchev–Trinajstić information content (AvgIpc) is 2.69. The largest absolute Gasteiger partial charge is 0.370 e. The van der Waals surface area contributed by atoms with Gasteiger partial charge in [0.25, 0.3) is 0 Å². The summed E-state index contributed by atoms with van der Waals surface area (Å²) in [5, 5.41) is 12.4. The van der Waals surface area contributed by atoms with E-state index in [1.807, 2.05) is 24.3 Å². The van der Waals surface area contributed by atoms with Gasteiger partial charge in [0.2, 0.25) is 5.91 Å². The number of halogens is 1. The second-order valence-electron chi connectivity index (χ2n) is 6.63. The molecule has 0 bridgehead atoms. The Hall–Kier alpha value is -2.65. The number of anilines is 2. The van der Waals surface area contributed by atoms with Gasteiger partial charge in [-0.3, -0.25) is 9.59 Å². The Morgan fingerprint density at radius 3 is 2.52 bits per heavy atom. The summed E-state index contributed by atoms with van der Waals surface area (Å²) >= 11 is 3.44. The maximum absolute atomic E-state index is 12.6.